The van der Waals surface area contributed by atoms with Crippen LogP contribution in [0.1, 0.15) is 23.4 Å². The lowest BCUT2D eigenvalue weighted by atomic mass is 9.92. The van der Waals surface area contributed by atoms with Gasteiger partial charge >= 0.3 is 0 Å². The van der Waals surface area contributed by atoms with Gasteiger partial charge in [0, 0.05) is 24.8 Å². The van der Waals surface area contributed by atoms with Crippen LogP contribution in [0.25, 0.3) is 11.3 Å². The van der Waals surface area contributed by atoms with Crippen LogP contribution in [0.2, 0.25) is 0 Å². The Labute approximate surface area is 135 Å². The van der Waals surface area contributed by atoms with Crippen LogP contribution in [0.4, 0.5) is 0 Å². The highest BCUT2D eigenvalue weighted by molar-refractivity contribution is 5.92. The van der Waals surface area contributed by atoms with Crippen molar-refractivity contribution in [2.75, 3.05) is 13.2 Å². The average Bonchev–Trinajstić information content (AvgIpc) is 3.11. The van der Waals surface area contributed by atoms with Crippen molar-refractivity contribution in [2.45, 2.75) is 18.9 Å². The van der Waals surface area contributed by atoms with Gasteiger partial charge in [-0.15, -0.1) is 6.42 Å². The van der Waals surface area contributed by atoms with Gasteiger partial charge in [-0.2, -0.15) is 0 Å². The molecule has 118 valence electrons. The van der Waals surface area contributed by atoms with E-state index in [4.69, 9.17) is 15.7 Å². The van der Waals surface area contributed by atoms with E-state index in [1.54, 1.807) is 6.07 Å². The molecule has 2 aromatic rings. The summed E-state index contributed by atoms with van der Waals surface area (Å²) >= 11 is 0. The normalized spacial score (nSPS) is 16.5. The molecular weight excluding hydrogens is 292 g/mol. The summed E-state index contributed by atoms with van der Waals surface area (Å²) in [6.45, 7) is 1.36. The smallest absolute Gasteiger partial charge is 0.290 e. The molecule has 1 aromatic heterocycles. The molecule has 1 atom stereocenters. The highest BCUT2D eigenvalue weighted by atomic mass is 16.5. The van der Waals surface area contributed by atoms with Gasteiger partial charge in [-0.1, -0.05) is 41.4 Å². The summed E-state index contributed by atoms with van der Waals surface area (Å²) in [5.74, 6) is 2.72. The third-order valence-corrected chi connectivity index (χ3v) is 4.01. The lowest BCUT2D eigenvalue weighted by Gasteiger charge is -2.27. The van der Waals surface area contributed by atoms with Crippen molar-refractivity contribution in [3.05, 3.63) is 42.2 Å². The van der Waals surface area contributed by atoms with Crippen LogP contribution in [0.5, 0.6) is 0 Å². The Balaban J connectivity index is 1.68. The van der Waals surface area contributed by atoms with Crippen LogP contribution < -0.4 is 5.32 Å². The largest absolute Gasteiger partial charge is 0.381 e. The number of terminal acetylenes is 1. The number of nitrogens with one attached hydrogen (secondary N) is 1. The molecular formula is C18H18N2O3. The first-order valence-corrected chi connectivity index (χ1v) is 7.65. The highest BCUT2D eigenvalue weighted by Crippen LogP contribution is 2.21. The van der Waals surface area contributed by atoms with E-state index < -0.39 is 0 Å². The summed E-state index contributed by atoms with van der Waals surface area (Å²) in [6.07, 6.45) is 7.27. The molecule has 5 nitrogen and oxygen atoms in total. The summed E-state index contributed by atoms with van der Waals surface area (Å²) in [4.78, 5) is 12.3. The van der Waals surface area contributed by atoms with Crippen LogP contribution in [-0.2, 0) is 4.74 Å². The van der Waals surface area contributed by atoms with Crippen molar-refractivity contribution in [3.8, 4) is 23.6 Å². The fourth-order valence-electron chi connectivity index (χ4n) is 2.68. The monoisotopic (exact) mass is 310 g/mol. The quantitative estimate of drug-likeness (QED) is 0.881. The first kappa shape index (κ1) is 15.3. The minimum absolute atomic E-state index is 0.163. The van der Waals surface area contributed by atoms with Crippen LogP contribution in [0.15, 0.2) is 40.9 Å². The SMILES string of the molecule is C#C[C@@H](NC(=O)c1cc(-c2ccccc2)no1)C1CCOCC1. The molecule has 1 aliphatic heterocycles. The van der Waals surface area contributed by atoms with E-state index in [9.17, 15) is 4.79 Å². The van der Waals surface area contributed by atoms with Gasteiger partial charge in [-0.3, -0.25) is 4.79 Å². The van der Waals surface area contributed by atoms with Crippen molar-refractivity contribution in [1.82, 2.24) is 10.5 Å². The van der Waals surface area contributed by atoms with Crippen molar-refractivity contribution in [1.29, 1.82) is 0 Å². The topological polar surface area (TPSA) is 64.4 Å². The second-order valence-electron chi connectivity index (χ2n) is 5.51. The number of rotatable bonds is 4. The maximum absolute atomic E-state index is 12.3. The zero-order valence-corrected chi connectivity index (χ0v) is 12.7. The van der Waals surface area contributed by atoms with Crippen LogP contribution >= 0.6 is 0 Å². The summed E-state index contributed by atoms with van der Waals surface area (Å²) in [5, 5.41) is 6.80. The number of carbonyl (C=O) groups excluding carboxylic acids is 1. The van der Waals surface area contributed by atoms with Crippen molar-refractivity contribution in [3.63, 3.8) is 0 Å². The third kappa shape index (κ3) is 3.61. The molecule has 1 N–H and O–H groups in total. The Morgan fingerprint density at radius 2 is 2.04 bits per heavy atom. The van der Waals surface area contributed by atoms with Gasteiger partial charge in [0.2, 0.25) is 5.76 Å². The minimum Gasteiger partial charge on any atom is -0.381 e. The first-order valence-electron chi connectivity index (χ1n) is 7.65. The molecule has 5 heteroatoms. The molecule has 3 rings (SSSR count). The molecule has 0 spiro atoms. The predicted molar refractivity (Wildman–Crippen MR) is 85.6 cm³/mol. The van der Waals surface area contributed by atoms with E-state index in [0.717, 1.165) is 18.4 Å². The van der Waals surface area contributed by atoms with E-state index in [0.29, 0.717) is 18.9 Å². The number of carbonyl (C=O) groups is 1. The Bertz CT molecular complexity index is 697. The second-order valence-corrected chi connectivity index (χ2v) is 5.51. The zero-order chi connectivity index (χ0) is 16.1. The van der Waals surface area contributed by atoms with Crippen LogP contribution in [-0.4, -0.2) is 30.3 Å². The maximum atomic E-state index is 12.3. The molecule has 1 saturated heterocycles. The van der Waals surface area contributed by atoms with Gasteiger partial charge < -0.3 is 14.6 Å². The Hall–Kier alpha value is -2.58. The van der Waals surface area contributed by atoms with E-state index >= 15 is 0 Å². The molecule has 0 unspecified atom stereocenters. The van der Waals surface area contributed by atoms with Gasteiger partial charge in [0.1, 0.15) is 5.69 Å². The number of nitrogens with zero attached hydrogens (tertiary/aromatic N) is 1. The van der Waals surface area contributed by atoms with Crippen LogP contribution in [0, 0.1) is 18.3 Å². The van der Waals surface area contributed by atoms with Gasteiger partial charge in [0.25, 0.3) is 5.91 Å². The predicted octanol–water partition coefficient (Wildman–Crippen LogP) is 2.50. The zero-order valence-electron chi connectivity index (χ0n) is 12.7. The molecule has 1 fully saturated rings. The summed E-state index contributed by atoms with van der Waals surface area (Å²) in [7, 11) is 0. The van der Waals surface area contributed by atoms with Gasteiger partial charge in [0.05, 0.1) is 6.04 Å². The van der Waals surface area contributed by atoms with E-state index in [-0.39, 0.29) is 23.6 Å². The average molecular weight is 310 g/mol. The minimum atomic E-state index is -0.339. The summed E-state index contributed by atoms with van der Waals surface area (Å²) in [5.41, 5.74) is 1.52. The summed E-state index contributed by atoms with van der Waals surface area (Å²) in [6, 6.07) is 10.9. The number of benzene rings is 1. The second kappa shape index (κ2) is 7.12. The molecule has 1 amide bonds. The van der Waals surface area contributed by atoms with Crippen molar-refractivity contribution in [2.24, 2.45) is 5.92 Å². The van der Waals surface area contributed by atoms with E-state index in [1.165, 1.54) is 0 Å². The van der Waals surface area contributed by atoms with Gasteiger partial charge in [-0.05, 0) is 18.8 Å². The van der Waals surface area contributed by atoms with Crippen molar-refractivity contribution >= 4 is 5.91 Å². The number of hydrogen-bond acceptors (Lipinski definition) is 4. The molecule has 0 radical (unpaired) electrons. The van der Waals surface area contributed by atoms with Crippen LogP contribution in [0.3, 0.4) is 0 Å². The molecule has 2 heterocycles. The third-order valence-electron chi connectivity index (χ3n) is 4.01. The standard InChI is InChI=1S/C18H18N2O3/c1-2-15(14-8-10-22-11-9-14)19-18(21)17-12-16(20-23-17)13-6-4-3-5-7-13/h1,3-7,12,14-15H,8-11H2,(H,19,21)/t15-/m1/s1. The fourth-order valence-corrected chi connectivity index (χ4v) is 2.68. The highest BCUT2D eigenvalue weighted by Gasteiger charge is 2.25. The molecule has 0 saturated carbocycles. The Morgan fingerprint density at radius 1 is 1.30 bits per heavy atom. The van der Waals surface area contributed by atoms with E-state index in [2.05, 4.69) is 16.4 Å². The first-order chi connectivity index (χ1) is 11.3. The lowest BCUT2D eigenvalue weighted by Crippen LogP contribution is -2.41. The number of aromatic nitrogens is 1. The molecule has 0 aliphatic carbocycles. The number of ether oxygens (including phenoxy) is 1. The molecule has 0 bridgehead atoms. The number of hydrogen-bond donors (Lipinski definition) is 1. The van der Waals surface area contributed by atoms with E-state index in [1.807, 2.05) is 30.3 Å². The van der Waals surface area contributed by atoms with Gasteiger partial charge in [-0.25, -0.2) is 0 Å². The lowest BCUT2D eigenvalue weighted by molar-refractivity contribution is 0.0574. The van der Waals surface area contributed by atoms with Gasteiger partial charge in [0.15, 0.2) is 0 Å². The number of amides is 1. The Kier molecular flexibility index (Phi) is 4.74. The molecule has 23 heavy (non-hydrogen) atoms. The van der Waals surface area contributed by atoms with Crippen molar-refractivity contribution < 1.29 is 14.1 Å². The molecule has 1 aromatic carbocycles. The molecule has 1 aliphatic rings. The fraction of sp³-hybridized carbons (Fsp3) is 0.333. The maximum Gasteiger partial charge on any atom is 0.290 e. The summed E-state index contributed by atoms with van der Waals surface area (Å²) < 4.78 is 10.5. The Morgan fingerprint density at radius 3 is 2.74 bits per heavy atom.